The summed E-state index contributed by atoms with van der Waals surface area (Å²) < 4.78 is 12.0. The number of nitrogens with one attached hydrogen (secondary N) is 1. The molecule has 1 amide bonds. The fourth-order valence-corrected chi connectivity index (χ4v) is 3.07. The number of nitrogens with zero attached hydrogens (tertiary/aromatic N) is 3. The first-order chi connectivity index (χ1) is 14.0. The number of aromatic nitrogens is 3. The lowest BCUT2D eigenvalue weighted by Crippen LogP contribution is -2.18. The van der Waals surface area contributed by atoms with Crippen molar-refractivity contribution in [3.8, 4) is 11.6 Å². The SMILES string of the molecule is CCCC(=O)Nc1c(C(=O)OCC)cnn1-c1cc(C)c2cccc(OC)c2n1. The van der Waals surface area contributed by atoms with Crippen molar-refractivity contribution in [1.29, 1.82) is 0 Å². The first kappa shape index (κ1) is 20.3. The van der Waals surface area contributed by atoms with E-state index in [2.05, 4.69) is 15.4 Å². The Morgan fingerprint density at radius 3 is 2.72 bits per heavy atom. The van der Waals surface area contributed by atoms with Crippen molar-refractivity contribution < 1.29 is 19.1 Å². The first-order valence-electron chi connectivity index (χ1n) is 9.49. The quantitative estimate of drug-likeness (QED) is 0.613. The van der Waals surface area contributed by atoms with Crippen LogP contribution in [0, 0.1) is 6.92 Å². The van der Waals surface area contributed by atoms with Crippen LogP contribution in [0.2, 0.25) is 0 Å². The van der Waals surface area contributed by atoms with Crippen LogP contribution < -0.4 is 10.1 Å². The van der Waals surface area contributed by atoms with Crippen LogP contribution in [0.15, 0.2) is 30.5 Å². The molecule has 152 valence electrons. The number of carbonyl (C=O) groups is 2. The predicted octanol–water partition coefficient (Wildman–Crippen LogP) is 3.65. The fraction of sp³-hybridized carbons (Fsp3) is 0.333. The van der Waals surface area contributed by atoms with Gasteiger partial charge < -0.3 is 14.8 Å². The lowest BCUT2D eigenvalue weighted by Gasteiger charge is -2.13. The van der Waals surface area contributed by atoms with Gasteiger partial charge in [-0.05, 0) is 38.0 Å². The molecule has 2 aromatic heterocycles. The highest BCUT2D eigenvalue weighted by Gasteiger charge is 2.22. The van der Waals surface area contributed by atoms with Crippen molar-refractivity contribution in [1.82, 2.24) is 14.8 Å². The second kappa shape index (κ2) is 8.72. The van der Waals surface area contributed by atoms with Crippen molar-refractivity contribution in [3.63, 3.8) is 0 Å². The van der Waals surface area contributed by atoms with E-state index in [4.69, 9.17) is 9.47 Å². The molecule has 0 radical (unpaired) electrons. The van der Waals surface area contributed by atoms with E-state index < -0.39 is 5.97 Å². The van der Waals surface area contributed by atoms with E-state index in [1.165, 1.54) is 10.9 Å². The van der Waals surface area contributed by atoms with E-state index in [0.29, 0.717) is 29.9 Å². The van der Waals surface area contributed by atoms with Crippen molar-refractivity contribution in [2.24, 2.45) is 0 Å². The van der Waals surface area contributed by atoms with Crippen LogP contribution in [0.4, 0.5) is 5.82 Å². The minimum absolute atomic E-state index is 0.177. The van der Waals surface area contributed by atoms with Gasteiger partial charge in [-0.2, -0.15) is 9.78 Å². The standard InChI is InChI=1S/C21H24N4O4/c1-5-8-18(26)24-20-15(21(27)29-6-2)12-22-25(20)17-11-13(3)14-9-7-10-16(28-4)19(14)23-17/h7,9-12H,5-6,8H2,1-4H3,(H,24,26). The Bertz CT molecular complexity index is 1060. The number of hydrogen-bond donors (Lipinski definition) is 1. The second-order valence-electron chi connectivity index (χ2n) is 6.49. The molecular formula is C21H24N4O4. The van der Waals surface area contributed by atoms with E-state index in [1.54, 1.807) is 14.0 Å². The number of benzene rings is 1. The average molecular weight is 396 g/mol. The van der Waals surface area contributed by atoms with Gasteiger partial charge in [0.1, 0.15) is 16.8 Å². The molecular weight excluding hydrogens is 372 g/mol. The highest BCUT2D eigenvalue weighted by atomic mass is 16.5. The zero-order chi connectivity index (χ0) is 21.0. The summed E-state index contributed by atoms with van der Waals surface area (Å²) in [5.41, 5.74) is 1.81. The highest BCUT2D eigenvalue weighted by Crippen LogP contribution is 2.29. The number of aryl methyl sites for hydroxylation is 1. The van der Waals surface area contributed by atoms with Crippen LogP contribution in [0.1, 0.15) is 42.6 Å². The first-order valence-corrected chi connectivity index (χ1v) is 9.49. The maximum absolute atomic E-state index is 12.4. The molecule has 8 heteroatoms. The Kier molecular flexibility index (Phi) is 6.11. The van der Waals surface area contributed by atoms with Gasteiger partial charge in [-0.1, -0.05) is 19.1 Å². The third-order valence-corrected chi connectivity index (χ3v) is 4.43. The zero-order valence-electron chi connectivity index (χ0n) is 17.0. The number of carbonyl (C=O) groups excluding carboxylic acids is 2. The van der Waals surface area contributed by atoms with E-state index >= 15 is 0 Å². The Balaban J connectivity index is 2.17. The number of anilines is 1. The normalized spacial score (nSPS) is 10.8. The van der Waals surface area contributed by atoms with Gasteiger partial charge in [-0.3, -0.25) is 4.79 Å². The lowest BCUT2D eigenvalue weighted by atomic mass is 10.1. The summed E-state index contributed by atoms with van der Waals surface area (Å²) in [5.74, 6) is 0.558. The van der Waals surface area contributed by atoms with E-state index in [-0.39, 0.29) is 23.9 Å². The number of amides is 1. The van der Waals surface area contributed by atoms with E-state index in [0.717, 1.165) is 10.9 Å². The number of fused-ring (bicyclic) bond motifs is 1. The summed E-state index contributed by atoms with van der Waals surface area (Å²) >= 11 is 0. The minimum atomic E-state index is -0.555. The second-order valence-corrected chi connectivity index (χ2v) is 6.49. The van der Waals surface area contributed by atoms with E-state index in [1.807, 2.05) is 38.1 Å². The summed E-state index contributed by atoms with van der Waals surface area (Å²) in [5, 5.41) is 8.03. The largest absolute Gasteiger partial charge is 0.494 e. The maximum atomic E-state index is 12.4. The Morgan fingerprint density at radius 2 is 2.03 bits per heavy atom. The molecule has 0 aliphatic carbocycles. The molecule has 0 atom stereocenters. The number of hydrogen-bond acceptors (Lipinski definition) is 6. The van der Waals surface area contributed by atoms with Gasteiger partial charge in [0.05, 0.1) is 19.9 Å². The van der Waals surface area contributed by atoms with Gasteiger partial charge in [0.15, 0.2) is 11.6 Å². The summed E-state index contributed by atoms with van der Waals surface area (Å²) in [7, 11) is 1.58. The topological polar surface area (TPSA) is 95.3 Å². The van der Waals surface area contributed by atoms with Gasteiger partial charge in [0, 0.05) is 11.8 Å². The van der Waals surface area contributed by atoms with Crippen LogP contribution in [0.25, 0.3) is 16.7 Å². The Hall–Kier alpha value is -3.42. The van der Waals surface area contributed by atoms with Gasteiger partial charge in [0.25, 0.3) is 0 Å². The molecule has 0 spiro atoms. The number of esters is 1. The average Bonchev–Trinajstić information content (AvgIpc) is 3.11. The van der Waals surface area contributed by atoms with Gasteiger partial charge in [-0.25, -0.2) is 9.78 Å². The molecule has 8 nitrogen and oxygen atoms in total. The van der Waals surface area contributed by atoms with Crippen LogP contribution in [0.3, 0.4) is 0 Å². The molecule has 0 saturated carbocycles. The molecule has 3 rings (SSSR count). The highest BCUT2D eigenvalue weighted by molar-refractivity contribution is 6.00. The number of pyridine rings is 1. The smallest absolute Gasteiger partial charge is 0.343 e. The number of para-hydroxylation sites is 1. The zero-order valence-corrected chi connectivity index (χ0v) is 17.0. The molecule has 0 saturated heterocycles. The Morgan fingerprint density at radius 1 is 1.24 bits per heavy atom. The van der Waals surface area contributed by atoms with Crippen LogP contribution in [-0.4, -0.2) is 40.4 Å². The molecule has 0 aliphatic rings. The molecule has 0 aliphatic heterocycles. The van der Waals surface area contributed by atoms with Crippen LogP contribution in [-0.2, 0) is 9.53 Å². The van der Waals surface area contributed by atoms with Crippen LogP contribution >= 0.6 is 0 Å². The summed E-state index contributed by atoms with van der Waals surface area (Å²) in [6.07, 6.45) is 2.38. The van der Waals surface area contributed by atoms with Crippen molar-refractivity contribution >= 4 is 28.6 Å². The molecule has 1 aromatic carbocycles. The number of ether oxygens (including phenoxy) is 2. The van der Waals surface area contributed by atoms with Crippen molar-refractivity contribution in [2.75, 3.05) is 19.0 Å². The molecule has 0 fully saturated rings. The summed E-state index contributed by atoms with van der Waals surface area (Å²) in [4.78, 5) is 29.3. The maximum Gasteiger partial charge on any atom is 0.343 e. The minimum Gasteiger partial charge on any atom is -0.494 e. The number of rotatable bonds is 7. The fourth-order valence-electron chi connectivity index (χ4n) is 3.07. The van der Waals surface area contributed by atoms with Gasteiger partial charge in [0.2, 0.25) is 5.91 Å². The predicted molar refractivity (Wildman–Crippen MR) is 110 cm³/mol. The monoisotopic (exact) mass is 396 g/mol. The van der Waals surface area contributed by atoms with Crippen molar-refractivity contribution in [2.45, 2.75) is 33.6 Å². The van der Waals surface area contributed by atoms with Gasteiger partial charge >= 0.3 is 5.97 Å². The molecule has 1 N–H and O–H groups in total. The lowest BCUT2D eigenvalue weighted by molar-refractivity contribution is -0.116. The molecule has 3 aromatic rings. The van der Waals surface area contributed by atoms with Gasteiger partial charge in [-0.15, -0.1) is 0 Å². The molecule has 2 heterocycles. The molecule has 0 unspecified atom stereocenters. The third-order valence-electron chi connectivity index (χ3n) is 4.43. The number of methoxy groups -OCH3 is 1. The third kappa shape index (κ3) is 4.06. The summed E-state index contributed by atoms with van der Waals surface area (Å²) in [6, 6.07) is 7.54. The summed E-state index contributed by atoms with van der Waals surface area (Å²) in [6.45, 7) is 5.80. The van der Waals surface area contributed by atoms with E-state index in [9.17, 15) is 9.59 Å². The molecule has 0 bridgehead atoms. The molecule has 29 heavy (non-hydrogen) atoms. The Labute approximate surface area is 168 Å². The van der Waals surface area contributed by atoms with Crippen LogP contribution in [0.5, 0.6) is 5.75 Å². The van der Waals surface area contributed by atoms with Crippen molar-refractivity contribution in [3.05, 3.63) is 41.6 Å².